The molecule has 0 spiro atoms. The van der Waals surface area contributed by atoms with Gasteiger partial charge in [0, 0.05) is 5.56 Å². The third-order valence-corrected chi connectivity index (χ3v) is 4.46. The maximum absolute atomic E-state index is 12.4. The molecule has 0 unspecified atom stereocenters. The van der Waals surface area contributed by atoms with Gasteiger partial charge in [0.2, 0.25) is 0 Å². The molecule has 0 saturated heterocycles. The first-order valence-corrected chi connectivity index (χ1v) is 7.55. The van der Waals surface area contributed by atoms with E-state index in [2.05, 4.69) is 19.7 Å². The second-order valence-electron chi connectivity index (χ2n) is 4.51. The third kappa shape index (κ3) is 3.05. The lowest BCUT2D eigenvalue weighted by Crippen LogP contribution is -2.16. The van der Waals surface area contributed by atoms with Crippen molar-refractivity contribution >= 4 is 21.8 Å². The Bertz CT molecular complexity index is 780. The lowest BCUT2D eigenvalue weighted by atomic mass is 10.1. The minimum atomic E-state index is -3.83. The monoisotopic (exact) mass is 309 g/mol. The van der Waals surface area contributed by atoms with E-state index in [1.807, 2.05) is 0 Å². The van der Waals surface area contributed by atoms with Gasteiger partial charge in [-0.1, -0.05) is 6.07 Å². The first-order valence-electron chi connectivity index (χ1n) is 6.07. The van der Waals surface area contributed by atoms with Crippen molar-refractivity contribution in [1.29, 1.82) is 0 Å². The van der Waals surface area contributed by atoms with E-state index in [1.54, 1.807) is 19.9 Å². The number of anilines is 1. The highest BCUT2D eigenvalue weighted by molar-refractivity contribution is 7.92. The number of hydrogen-bond acceptors (Lipinski definition) is 5. The van der Waals surface area contributed by atoms with Crippen molar-refractivity contribution in [3.63, 3.8) is 0 Å². The number of nitrogens with one attached hydrogen (secondary N) is 2. The number of nitrogens with zero attached hydrogens (tertiary/aromatic N) is 1. The van der Waals surface area contributed by atoms with E-state index >= 15 is 0 Å². The average Bonchev–Trinajstić information content (AvgIpc) is 2.83. The zero-order valence-electron chi connectivity index (χ0n) is 11.8. The minimum absolute atomic E-state index is 0.0133. The zero-order valence-corrected chi connectivity index (χ0v) is 12.6. The number of H-pyrrole nitrogens is 1. The van der Waals surface area contributed by atoms with Gasteiger partial charge >= 0.3 is 5.97 Å². The number of hydrogen-bond donors (Lipinski definition) is 2. The van der Waals surface area contributed by atoms with Gasteiger partial charge in [-0.25, -0.2) is 13.2 Å². The van der Waals surface area contributed by atoms with Gasteiger partial charge < -0.3 is 4.74 Å². The van der Waals surface area contributed by atoms with Gasteiger partial charge in [-0.2, -0.15) is 5.10 Å². The molecule has 0 amide bonds. The molecular formula is C13H15N3O4S. The van der Waals surface area contributed by atoms with E-state index < -0.39 is 16.0 Å². The smallest absolute Gasteiger partial charge is 0.337 e. The summed E-state index contributed by atoms with van der Waals surface area (Å²) in [7, 11) is -2.59. The zero-order chi connectivity index (χ0) is 15.6. The fourth-order valence-corrected chi connectivity index (χ4v) is 3.13. The molecule has 0 aliphatic heterocycles. The van der Waals surface area contributed by atoms with Crippen LogP contribution in [-0.4, -0.2) is 31.7 Å². The van der Waals surface area contributed by atoms with Crippen molar-refractivity contribution in [1.82, 2.24) is 10.2 Å². The van der Waals surface area contributed by atoms with E-state index in [4.69, 9.17) is 0 Å². The molecule has 1 heterocycles. The highest BCUT2D eigenvalue weighted by Crippen LogP contribution is 2.21. The molecule has 0 fully saturated rings. The van der Waals surface area contributed by atoms with Gasteiger partial charge in [0.1, 0.15) is 5.82 Å². The predicted octanol–water partition coefficient (Wildman–Crippen LogP) is 1.61. The number of sulfonamides is 1. The van der Waals surface area contributed by atoms with Crippen molar-refractivity contribution in [2.75, 3.05) is 11.8 Å². The first-order chi connectivity index (χ1) is 9.85. The Balaban J connectivity index is 2.44. The largest absolute Gasteiger partial charge is 0.465 e. The molecule has 0 aliphatic carbocycles. The Hall–Kier alpha value is -2.35. The minimum Gasteiger partial charge on any atom is -0.465 e. The lowest BCUT2D eigenvalue weighted by Gasteiger charge is -2.11. The molecule has 1 aromatic heterocycles. The number of carbonyl (C=O) groups excluding carboxylic acids is 1. The van der Waals surface area contributed by atoms with E-state index in [9.17, 15) is 13.2 Å². The average molecular weight is 309 g/mol. The van der Waals surface area contributed by atoms with Crippen LogP contribution in [0.3, 0.4) is 0 Å². The maximum Gasteiger partial charge on any atom is 0.337 e. The van der Waals surface area contributed by atoms with Crippen LogP contribution in [0.1, 0.15) is 21.5 Å². The molecule has 112 valence electrons. The highest BCUT2D eigenvalue weighted by Gasteiger charge is 2.20. The molecular weight excluding hydrogens is 294 g/mol. The lowest BCUT2D eigenvalue weighted by molar-refractivity contribution is 0.0600. The molecule has 2 aromatic rings. The Labute approximate surface area is 122 Å². The molecule has 1 aromatic carbocycles. The molecule has 0 bridgehead atoms. The summed E-state index contributed by atoms with van der Waals surface area (Å²) in [6.07, 6.45) is 1.51. The second kappa shape index (κ2) is 5.57. The molecule has 0 saturated carbocycles. The molecule has 0 aliphatic rings. The van der Waals surface area contributed by atoms with Crippen LogP contribution < -0.4 is 4.72 Å². The maximum atomic E-state index is 12.4. The third-order valence-electron chi connectivity index (χ3n) is 2.96. The van der Waals surface area contributed by atoms with Crippen LogP contribution in [0.25, 0.3) is 0 Å². The standard InChI is InChI=1S/C13H15N3O4S/c1-8-4-5-10(13(17)20-3)6-11(8)21(18,19)16-12-9(2)7-14-15-12/h4-7H,1-3H3,(H2,14,15,16). The molecule has 0 atom stereocenters. The van der Waals surface area contributed by atoms with Gasteiger partial charge in [0.25, 0.3) is 10.0 Å². The fourth-order valence-electron chi connectivity index (χ4n) is 1.77. The Morgan fingerprint density at radius 1 is 1.29 bits per heavy atom. The summed E-state index contributed by atoms with van der Waals surface area (Å²) in [5.41, 5.74) is 1.36. The molecule has 0 radical (unpaired) electrons. The quantitative estimate of drug-likeness (QED) is 0.836. The van der Waals surface area contributed by atoms with Crippen LogP contribution in [-0.2, 0) is 14.8 Å². The fraction of sp³-hybridized carbons (Fsp3) is 0.231. The van der Waals surface area contributed by atoms with Gasteiger partial charge in [-0.3, -0.25) is 9.82 Å². The molecule has 7 nitrogen and oxygen atoms in total. The summed E-state index contributed by atoms with van der Waals surface area (Å²) in [4.78, 5) is 11.5. The summed E-state index contributed by atoms with van der Waals surface area (Å²) in [5, 5.41) is 6.32. The summed E-state index contributed by atoms with van der Waals surface area (Å²) in [5.74, 6) is -0.304. The number of rotatable bonds is 4. The van der Waals surface area contributed by atoms with E-state index in [-0.39, 0.29) is 16.3 Å². The number of aryl methyl sites for hydroxylation is 2. The Kier molecular flexibility index (Phi) is 3.99. The normalized spacial score (nSPS) is 11.2. The van der Waals surface area contributed by atoms with Gasteiger partial charge in [0.05, 0.1) is 23.8 Å². The van der Waals surface area contributed by atoms with Crippen molar-refractivity contribution in [2.24, 2.45) is 0 Å². The topological polar surface area (TPSA) is 101 Å². The van der Waals surface area contributed by atoms with Crippen LogP contribution >= 0.6 is 0 Å². The van der Waals surface area contributed by atoms with Crippen LogP contribution in [0.5, 0.6) is 0 Å². The van der Waals surface area contributed by atoms with Crippen LogP contribution in [0, 0.1) is 13.8 Å². The van der Waals surface area contributed by atoms with Gasteiger partial charge in [0.15, 0.2) is 0 Å². The SMILES string of the molecule is COC(=O)c1ccc(C)c(S(=O)(=O)Nc2[nH]ncc2C)c1. The first kappa shape index (κ1) is 15.0. The summed E-state index contributed by atoms with van der Waals surface area (Å²) in [6.45, 7) is 3.37. The summed E-state index contributed by atoms with van der Waals surface area (Å²) >= 11 is 0. The molecule has 8 heteroatoms. The summed E-state index contributed by atoms with van der Waals surface area (Å²) < 4.78 is 31.9. The van der Waals surface area contributed by atoms with Crippen molar-refractivity contribution in [3.05, 3.63) is 41.1 Å². The van der Waals surface area contributed by atoms with E-state index in [0.717, 1.165) is 0 Å². The van der Waals surface area contributed by atoms with Crippen LogP contribution in [0.15, 0.2) is 29.3 Å². The number of benzene rings is 1. The Morgan fingerprint density at radius 2 is 2.00 bits per heavy atom. The molecule has 2 N–H and O–H groups in total. The number of esters is 1. The van der Waals surface area contributed by atoms with Crippen molar-refractivity contribution < 1.29 is 17.9 Å². The number of aromatic nitrogens is 2. The van der Waals surface area contributed by atoms with Gasteiger partial charge in [-0.15, -0.1) is 0 Å². The number of ether oxygens (including phenoxy) is 1. The van der Waals surface area contributed by atoms with Crippen molar-refractivity contribution in [3.8, 4) is 0 Å². The Morgan fingerprint density at radius 3 is 2.57 bits per heavy atom. The second-order valence-corrected chi connectivity index (χ2v) is 6.16. The number of methoxy groups -OCH3 is 1. The predicted molar refractivity (Wildman–Crippen MR) is 76.7 cm³/mol. The molecule has 2 rings (SSSR count). The van der Waals surface area contributed by atoms with Crippen LogP contribution in [0.4, 0.5) is 5.82 Å². The van der Waals surface area contributed by atoms with E-state index in [1.165, 1.54) is 25.4 Å². The number of carbonyl (C=O) groups is 1. The molecule has 21 heavy (non-hydrogen) atoms. The van der Waals surface area contributed by atoms with E-state index in [0.29, 0.717) is 11.1 Å². The summed E-state index contributed by atoms with van der Waals surface area (Å²) in [6, 6.07) is 4.36. The number of aromatic amines is 1. The van der Waals surface area contributed by atoms with Gasteiger partial charge in [-0.05, 0) is 31.5 Å². The van der Waals surface area contributed by atoms with Crippen LogP contribution in [0.2, 0.25) is 0 Å². The highest BCUT2D eigenvalue weighted by atomic mass is 32.2. The van der Waals surface area contributed by atoms with Crippen molar-refractivity contribution in [2.45, 2.75) is 18.7 Å².